The van der Waals surface area contributed by atoms with Gasteiger partial charge in [0.25, 0.3) is 0 Å². The van der Waals surface area contributed by atoms with Gasteiger partial charge in [0.1, 0.15) is 18.2 Å². The quantitative estimate of drug-likeness (QED) is 0.689. The largest absolute Gasteiger partial charge is 0.489 e. The van der Waals surface area contributed by atoms with Crippen LogP contribution in [0.2, 0.25) is 0 Å². The molecule has 0 saturated carbocycles. The van der Waals surface area contributed by atoms with Crippen LogP contribution in [0.3, 0.4) is 0 Å². The van der Waals surface area contributed by atoms with Crippen LogP contribution in [-0.2, 0) is 20.2 Å². The lowest BCUT2D eigenvalue weighted by molar-refractivity contribution is 0.144. The summed E-state index contributed by atoms with van der Waals surface area (Å²) >= 11 is 0. The van der Waals surface area contributed by atoms with Gasteiger partial charge in [0.2, 0.25) is 0 Å². The first-order chi connectivity index (χ1) is 13.3. The van der Waals surface area contributed by atoms with Crippen molar-refractivity contribution in [1.82, 2.24) is 19.8 Å². The number of aromatic nitrogens is 2. The highest BCUT2D eigenvalue weighted by molar-refractivity contribution is 5.85. The van der Waals surface area contributed by atoms with E-state index in [1.165, 1.54) is 11.1 Å². The van der Waals surface area contributed by atoms with Crippen molar-refractivity contribution in [2.75, 3.05) is 19.6 Å². The highest BCUT2D eigenvalue weighted by Gasteiger charge is 2.26. The predicted octanol–water partition coefficient (Wildman–Crippen LogP) is 3.57. The summed E-state index contributed by atoms with van der Waals surface area (Å²) in [6, 6.07) is 19.0. The number of halogens is 1. The Morgan fingerprint density at radius 3 is 2.71 bits per heavy atom. The normalized spacial score (nSPS) is 17.1. The van der Waals surface area contributed by atoms with Crippen molar-refractivity contribution in [1.29, 1.82) is 0 Å². The van der Waals surface area contributed by atoms with Gasteiger partial charge in [-0.25, -0.2) is 4.98 Å². The van der Waals surface area contributed by atoms with E-state index in [2.05, 4.69) is 57.1 Å². The van der Waals surface area contributed by atoms with Gasteiger partial charge in [-0.05, 0) is 23.3 Å². The fourth-order valence-corrected chi connectivity index (χ4v) is 3.60. The fourth-order valence-electron chi connectivity index (χ4n) is 3.60. The lowest BCUT2D eigenvalue weighted by Crippen LogP contribution is -2.46. The maximum atomic E-state index is 5.99. The van der Waals surface area contributed by atoms with Crippen molar-refractivity contribution < 1.29 is 4.74 Å². The van der Waals surface area contributed by atoms with Crippen LogP contribution in [-0.4, -0.2) is 34.1 Å². The van der Waals surface area contributed by atoms with Crippen LogP contribution in [0.25, 0.3) is 0 Å². The first-order valence-electron chi connectivity index (χ1n) is 9.47. The highest BCUT2D eigenvalue weighted by atomic mass is 35.5. The molecule has 1 aromatic heterocycles. The van der Waals surface area contributed by atoms with Crippen molar-refractivity contribution in [3.63, 3.8) is 0 Å². The number of nitrogens with one attached hydrogen (secondary N) is 1. The van der Waals surface area contributed by atoms with Crippen molar-refractivity contribution in [2.24, 2.45) is 7.05 Å². The Kier molecular flexibility index (Phi) is 7.09. The summed E-state index contributed by atoms with van der Waals surface area (Å²) < 4.78 is 8.11. The summed E-state index contributed by atoms with van der Waals surface area (Å²) in [5.74, 6) is 2.03. The molecule has 1 aliphatic heterocycles. The second-order valence-corrected chi connectivity index (χ2v) is 7.01. The van der Waals surface area contributed by atoms with E-state index in [1.807, 2.05) is 36.7 Å². The Balaban J connectivity index is 0.00000225. The number of hydrogen-bond donors (Lipinski definition) is 1. The van der Waals surface area contributed by atoms with Crippen molar-refractivity contribution in [2.45, 2.75) is 19.2 Å². The molecule has 0 bridgehead atoms. The van der Waals surface area contributed by atoms with Crippen LogP contribution in [0.4, 0.5) is 0 Å². The van der Waals surface area contributed by atoms with Crippen LogP contribution < -0.4 is 10.1 Å². The van der Waals surface area contributed by atoms with Crippen LogP contribution in [0.15, 0.2) is 67.0 Å². The molecule has 0 amide bonds. The minimum atomic E-state index is 0. The van der Waals surface area contributed by atoms with Gasteiger partial charge in [0.05, 0.1) is 6.04 Å². The number of ether oxygens (including phenoxy) is 1. The van der Waals surface area contributed by atoms with Crippen LogP contribution in [0.5, 0.6) is 5.75 Å². The first kappa shape index (κ1) is 20.4. The molecule has 4 rings (SSSR count). The maximum absolute atomic E-state index is 5.99. The molecule has 6 heteroatoms. The van der Waals surface area contributed by atoms with E-state index in [1.54, 1.807) is 0 Å². The topological polar surface area (TPSA) is 42.3 Å². The third-order valence-corrected chi connectivity index (χ3v) is 5.04. The summed E-state index contributed by atoms with van der Waals surface area (Å²) in [5.41, 5.74) is 2.45. The van der Waals surface area contributed by atoms with Crippen molar-refractivity contribution in [3.05, 3.63) is 83.9 Å². The van der Waals surface area contributed by atoms with E-state index in [-0.39, 0.29) is 18.4 Å². The minimum absolute atomic E-state index is 0. The number of benzene rings is 2. The first-order valence-corrected chi connectivity index (χ1v) is 9.47. The van der Waals surface area contributed by atoms with E-state index in [9.17, 15) is 0 Å². The maximum Gasteiger partial charge on any atom is 0.127 e. The van der Waals surface area contributed by atoms with Gasteiger partial charge in [-0.1, -0.05) is 42.5 Å². The van der Waals surface area contributed by atoms with Crippen molar-refractivity contribution >= 4 is 12.4 Å². The number of hydrogen-bond acceptors (Lipinski definition) is 4. The van der Waals surface area contributed by atoms with Crippen LogP contribution >= 0.6 is 12.4 Å². The lowest BCUT2D eigenvalue weighted by atomic mass is 10.1. The molecular weight excluding hydrogens is 372 g/mol. The Morgan fingerprint density at radius 1 is 1.11 bits per heavy atom. The molecule has 0 radical (unpaired) electrons. The fraction of sp³-hybridized carbons (Fsp3) is 0.318. The van der Waals surface area contributed by atoms with Gasteiger partial charge in [-0.15, -0.1) is 12.4 Å². The van der Waals surface area contributed by atoms with Gasteiger partial charge in [-0.3, -0.25) is 4.90 Å². The zero-order valence-corrected chi connectivity index (χ0v) is 16.9. The molecule has 2 heterocycles. The summed E-state index contributed by atoms with van der Waals surface area (Å²) in [6.07, 6.45) is 3.89. The van der Waals surface area contributed by atoms with E-state index >= 15 is 0 Å². The number of aryl methyl sites for hydroxylation is 1. The number of nitrogens with zero attached hydrogens (tertiary/aromatic N) is 3. The van der Waals surface area contributed by atoms with Crippen LogP contribution in [0.1, 0.15) is 23.0 Å². The zero-order valence-electron chi connectivity index (χ0n) is 16.1. The molecule has 1 aliphatic rings. The summed E-state index contributed by atoms with van der Waals surface area (Å²) in [5, 5.41) is 3.50. The van der Waals surface area contributed by atoms with Gasteiger partial charge < -0.3 is 14.6 Å². The molecule has 0 aliphatic carbocycles. The van der Waals surface area contributed by atoms with E-state index in [0.29, 0.717) is 6.61 Å². The summed E-state index contributed by atoms with van der Waals surface area (Å²) in [7, 11) is 2.06. The van der Waals surface area contributed by atoms with E-state index < -0.39 is 0 Å². The molecule has 1 unspecified atom stereocenters. The molecule has 3 aromatic rings. The van der Waals surface area contributed by atoms with Crippen LogP contribution in [0, 0.1) is 0 Å². The van der Waals surface area contributed by atoms with E-state index in [4.69, 9.17) is 4.74 Å². The highest BCUT2D eigenvalue weighted by Crippen LogP contribution is 2.24. The average molecular weight is 399 g/mol. The van der Waals surface area contributed by atoms with Gasteiger partial charge >= 0.3 is 0 Å². The Labute approximate surface area is 172 Å². The Hall–Kier alpha value is -2.34. The molecule has 0 spiro atoms. The molecule has 2 aromatic carbocycles. The summed E-state index contributed by atoms with van der Waals surface area (Å²) in [6.45, 7) is 4.42. The molecule has 1 saturated heterocycles. The van der Waals surface area contributed by atoms with Gasteiger partial charge in [0.15, 0.2) is 0 Å². The third kappa shape index (κ3) is 4.93. The minimum Gasteiger partial charge on any atom is -0.489 e. The zero-order chi connectivity index (χ0) is 18.5. The third-order valence-electron chi connectivity index (χ3n) is 5.04. The predicted molar refractivity (Wildman–Crippen MR) is 114 cm³/mol. The molecular formula is C22H27ClN4O. The molecule has 148 valence electrons. The lowest BCUT2D eigenvalue weighted by Gasteiger charge is -2.35. The smallest absolute Gasteiger partial charge is 0.127 e. The number of piperazine rings is 1. The molecule has 1 N–H and O–H groups in total. The van der Waals surface area contributed by atoms with E-state index in [0.717, 1.165) is 37.8 Å². The number of imidazole rings is 1. The standard InChI is InChI=1S/C22H26N4O.ClH/c1-25-12-11-24-22(25)21-15-23-10-13-26(21)16-19-8-5-9-20(14-19)27-17-18-6-3-2-4-7-18;/h2-9,11-12,14,21,23H,10,13,15-17H2,1H3;1H. The average Bonchev–Trinajstić information content (AvgIpc) is 3.14. The van der Waals surface area contributed by atoms with Gasteiger partial charge in [0, 0.05) is 45.6 Å². The monoisotopic (exact) mass is 398 g/mol. The Morgan fingerprint density at radius 2 is 1.93 bits per heavy atom. The SMILES string of the molecule is Cl.Cn1ccnc1C1CNCCN1Cc1cccc(OCc2ccccc2)c1. The molecule has 5 nitrogen and oxygen atoms in total. The number of rotatable bonds is 6. The summed E-state index contributed by atoms with van der Waals surface area (Å²) in [4.78, 5) is 7.06. The van der Waals surface area contributed by atoms with Crippen molar-refractivity contribution in [3.8, 4) is 5.75 Å². The molecule has 1 fully saturated rings. The Bertz CT molecular complexity index is 868. The molecule has 1 atom stereocenters. The second-order valence-electron chi connectivity index (χ2n) is 7.01. The second kappa shape index (κ2) is 9.73. The van der Waals surface area contributed by atoms with Gasteiger partial charge in [-0.2, -0.15) is 0 Å². The molecule has 28 heavy (non-hydrogen) atoms.